The van der Waals surface area contributed by atoms with Crippen LogP contribution in [0, 0.1) is 6.92 Å². The fourth-order valence-electron chi connectivity index (χ4n) is 1.16. The normalized spacial score (nSPS) is 10.1. The highest BCUT2D eigenvalue weighted by Gasteiger charge is 2.10. The molecule has 1 aromatic rings. The molecule has 0 radical (unpaired) electrons. The Morgan fingerprint density at radius 1 is 1.47 bits per heavy atom. The lowest BCUT2D eigenvalue weighted by Crippen LogP contribution is -2.10. The Hall–Kier alpha value is -1.49. The molecule has 0 atom stereocenters. The average molecular weight is 210 g/mol. The lowest BCUT2D eigenvalue weighted by Gasteiger charge is -2.04. The van der Waals surface area contributed by atoms with E-state index < -0.39 is 5.97 Å². The first kappa shape index (κ1) is 11.6. The molecule has 0 amide bonds. The summed E-state index contributed by atoms with van der Waals surface area (Å²) in [7, 11) is 1.57. The molecule has 0 bridgehead atoms. The Morgan fingerprint density at radius 2 is 2.20 bits per heavy atom. The van der Waals surface area contributed by atoms with E-state index in [0.717, 1.165) is 0 Å². The van der Waals surface area contributed by atoms with Gasteiger partial charge in [-0.15, -0.1) is 0 Å². The maximum atomic E-state index is 11.4. The second-order valence-electron chi connectivity index (χ2n) is 2.95. The number of ether oxygens (including phenoxy) is 2. The zero-order valence-corrected chi connectivity index (χ0v) is 9.11. The van der Waals surface area contributed by atoms with Crippen LogP contribution in [0.3, 0.4) is 0 Å². The summed E-state index contributed by atoms with van der Waals surface area (Å²) in [6.07, 6.45) is 0. The Labute approximate surface area is 88.4 Å². The van der Waals surface area contributed by atoms with Gasteiger partial charge in [0, 0.05) is 7.11 Å². The monoisotopic (exact) mass is 210 g/mol. The highest BCUT2D eigenvalue weighted by Crippen LogP contribution is 2.04. The van der Waals surface area contributed by atoms with Crippen molar-refractivity contribution < 1.29 is 14.3 Å². The number of aromatic nitrogens is 2. The Balaban J connectivity index is 2.92. The predicted octanol–water partition coefficient (Wildman–Crippen LogP) is 1.11. The number of hydrogen-bond acceptors (Lipinski definition) is 5. The van der Waals surface area contributed by atoms with Gasteiger partial charge in [-0.25, -0.2) is 14.8 Å². The SMILES string of the molecule is CCOC(=O)c1cc(COC)nc(C)n1. The number of methoxy groups -OCH3 is 1. The zero-order valence-electron chi connectivity index (χ0n) is 9.11. The van der Waals surface area contributed by atoms with E-state index in [1.807, 2.05) is 0 Å². The predicted molar refractivity (Wildman–Crippen MR) is 53.4 cm³/mol. The molecule has 5 heteroatoms. The van der Waals surface area contributed by atoms with E-state index in [0.29, 0.717) is 24.7 Å². The fourth-order valence-corrected chi connectivity index (χ4v) is 1.16. The maximum absolute atomic E-state index is 11.4. The van der Waals surface area contributed by atoms with Crippen LogP contribution in [0.15, 0.2) is 6.07 Å². The van der Waals surface area contributed by atoms with Crippen molar-refractivity contribution in [3.05, 3.63) is 23.3 Å². The molecule has 0 aromatic carbocycles. The van der Waals surface area contributed by atoms with Crippen molar-refractivity contribution in [1.29, 1.82) is 0 Å². The molecule has 0 aliphatic heterocycles. The summed E-state index contributed by atoms with van der Waals surface area (Å²) in [5.74, 6) is 0.105. The molecular formula is C10H14N2O3. The van der Waals surface area contributed by atoms with Crippen LogP contribution >= 0.6 is 0 Å². The third kappa shape index (κ3) is 3.28. The standard InChI is InChI=1S/C10H14N2O3/c1-4-15-10(13)9-5-8(6-14-3)11-7(2)12-9/h5H,4,6H2,1-3H3. The summed E-state index contributed by atoms with van der Waals surface area (Å²) in [6.45, 7) is 4.17. The lowest BCUT2D eigenvalue weighted by molar-refractivity contribution is 0.0518. The van der Waals surface area contributed by atoms with Crippen LogP contribution < -0.4 is 0 Å². The molecule has 0 spiro atoms. The van der Waals surface area contributed by atoms with E-state index in [9.17, 15) is 4.79 Å². The maximum Gasteiger partial charge on any atom is 0.357 e. The minimum atomic E-state index is -0.430. The van der Waals surface area contributed by atoms with Gasteiger partial charge in [0.2, 0.25) is 0 Å². The van der Waals surface area contributed by atoms with Gasteiger partial charge in [0.15, 0.2) is 5.69 Å². The van der Waals surface area contributed by atoms with E-state index in [1.54, 1.807) is 27.0 Å². The summed E-state index contributed by atoms with van der Waals surface area (Å²) >= 11 is 0. The fraction of sp³-hybridized carbons (Fsp3) is 0.500. The molecule has 0 unspecified atom stereocenters. The number of carbonyl (C=O) groups excluding carboxylic acids is 1. The molecule has 1 aromatic heterocycles. The van der Waals surface area contributed by atoms with Crippen molar-refractivity contribution in [2.24, 2.45) is 0 Å². The van der Waals surface area contributed by atoms with E-state index in [1.165, 1.54) is 0 Å². The first-order valence-corrected chi connectivity index (χ1v) is 4.68. The van der Waals surface area contributed by atoms with E-state index >= 15 is 0 Å². The van der Waals surface area contributed by atoms with Crippen LogP contribution in [0.4, 0.5) is 0 Å². The van der Waals surface area contributed by atoms with E-state index in [4.69, 9.17) is 9.47 Å². The van der Waals surface area contributed by atoms with E-state index in [-0.39, 0.29) is 5.69 Å². The molecule has 0 aliphatic carbocycles. The van der Waals surface area contributed by atoms with Crippen LogP contribution in [0.25, 0.3) is 0 Å². The molecule has 5 nitrogen and oxygen atoms in total. The largest absolute Gasteiger partial charge is 0.461 e. The Morgan fingerprint density at radius 3 is 2.80 bits per heavy atom. The number of esters is 1. The summed E-state index contributed by atoms with van der Waals surface area (Å²) < 4.78 is 9.78. The first-order valence-electron chi connectivity index (χ1n) is 4.68. The third-order valence-corrected chi connectivity index (χ3v) is 1.67. The smallest absolute Gasteiger partial charge is 0.357 e. The topological polar surface area (TPSA) is 61.3 Å². The van der Waals surface area contributed by atoms with Crippen LogP contribution in [-0.2, 0) is 16.1 Å². The summed E-state index contributed by atoms with van der Waals surface area (Å²) in [5.41, 5.74) is 0.949. The van der Waals surface area contributed by atoms with Crippen molar-refractivity contribution in [2.45, 2.75) is 20.5 Å². The molecule has 0 saturated carbocycles. The van der Waals surface area contributed by atoms with Crippen LogP contribution in [0.1, 0.15) is 28.9 Å². The van der Waals surface area contributed by atoms with Gasteiger partial charge in [-0.05, 0) is 19.9 Å². The molecule has 0 N–H and O–H groups in total. The summed E-state index contributed by atoms with van der Waals surface area (Å²) in [6, 6.07) is 1.58. The van der Waals surface area contributed by atoms with E-state index in [2.05, 4.69) is 9.97 Å². The summed E-state index contributed by atoms with van der Waals surface area (Å²) in [5, 5.41) is 0. The van der Waals surface area contributed by atoms with Gasteiger partial charge in [-0.3, -0.25) is 0 Å². The molecule has 82 valence electrons. The van der Waals surface area contributed by atoms with Crippen molar-refractivity contribution in [3.8, 4) is 0 Å². The Bertz CT molecular complexity index is 353. The van der Waals surface area contributed by atoms with Gasteiger partial charge in [-0.1, -0.05) is 0 Å². The second-order valence-corrected chi connectivity index (χ2v) is 2.95. The third-order valence-electron chi connectivity index (χ3n) is 1.67. The van der Waals surface area contributed by atoms with Crippen LogP contribution in [-0.4, -0.2) is 29.7 Å². The second kappa shape index (κ2) is 5.41. The van der Waals surface area contributed by atoms with Crippen molar-refractivity contribution in [1.82, 2.24) is 9.97 Å². The van der Waals surface area contributed by atoms with Gasteiger partial charge in [0.25, 0.3) is 0 Å². The number of hydrogen-bond donors (Lipinski definition) is 0. The van der Waals surface area contributed by atoms with Gasteiger partial charge in [-0.2, -0.15) is 0 Å². The molecule has 0 aliphatic rings. The first-order chi connectivity index (χ1) is 7.17. The molecule has 0 saturated heterocycles. The summed E-state index contributed by atoms with van der Waals surface area (Å²) in [4.78, 5) is 19.5. The van der Waals surface area contributed by atoms with Crippen molar-refractivity contribution >= 4 is 5.97 Å². The lowest BCUT2D eigenvalue weighted by atomic mass is 10.3. The number of rotatable bonds is 4. The van der Waals surface area contributed by atoms with Gasteiger partial charge in [0.05, 0.1) is 18.9 Å². The van der Waals surface area contributed by atoms with Crippen LogP contribution in [0.2, 0.25) is 0 Å². The molecule has 1 heterocycles. The molecule has 15 heavy (non-hydrogen) atoms. The zero-order chi connectivity index (χ0) is 11.3. The number of aryl methyl sites for hydroxylation is 1. The van der Waals surface area contributed by atoms with Crippen molar-refractivity contribution in [3.63, 3.8) is 0 Å². The number of nitrogens with zero attached hydrogens (tertiary/aromatic N) is 2. The minimum absolute atomic E-state index is 0.274. The minimum Gasteiger partial charge on any atom is -0.461 e. The van der Waals surface area contributed by atoms with Gasteiger partial charge < -0.3 is 9.47 Å². The molecular weight excluding hydrogens is 196 g/mol. The molecule has 0 fully saturated rings. The van der Waals surface area contributed by atoms with Gasteiger partial charge >= 0.3 is 5.97 Å². The van der Waals surface area contributed by atoms with Crippen molar-refractivity contribution in [2.75, 3.05) is 13.7 Å². The highest BCUT2D eigenvalue weighted by molar-refractivity contribution is 5.87. The average Bonchev–Trinajstić information content (AvgIpc) is 2.17. The van der Waals surface area contributed by atoms with Gasteiger partial charge in [0.1, 0.15) is 5.82 Å². The Kier molecular flexibility index (Phi) is 4.17. The molecule has 1 rings (SSSR count). The highest BCUT2D eigenvalue weighted by atomic mass is 16.5. The number of carbonyl (C=O) groups is 1. The quantitative estimate of drug-likeness (QED) is 0.696. The van der Waals surface area contributed by atoms with Crippen LogP contribution in [0.5, 0.6) is 0 Å².